The highest BCUT2D eigenvalue weighted by atomic mass is 19.4. The van der Waals surface area contributed by atoms with Crippen molar-refractivity contribution in [2.24, 2.45) is 17.6 Å². The van der Waals surface area contributed by atoms with E-state index in [0.29, 0.717) is 6.54 Å². The Kier molecular flexibility index (Phi) is 7.54. The number of hydrogen-bond donors (Lipinski definition) is 5. The Morgan fingerprint density at radius 1 is 1.23 bits per heavy atom. The SMILES string of the molecule is CC(C)OCCN(C)Cc1cc(O)c2c(c1C(F)(F)F)CC1C[C@H]3CC(=O)C(C(N)=O)=C(O)[C@@]3(O)C(=O)C1=C2O. The van der Waals surface area contributed by atoms with E-state index in [1.165, 1.54) is 0 Å². The van der Waals surface area contributed by atoms with Gasteiger partial charge >= 0.3 is 6.18 Å². The molecule has 1 unspecified atom stereocenters. The van der Waals surface area contributed by atoms with Crippen LogP contribution in [0.15, 0.2) is 23.0 Å². The molecule has 1 aromatic carbocycles. The van der Waals surface area contributed by atoms with Crippen molar-refractivity contribution in [2.75, 3.05) is 20.2 Å². The van der Waals surface area contributed by atoms with Gasteiger partial charge in [0.15, 0.2) is 11.4 Å². The summed E-state index contributed by atoms with van der Waals surface area (Å²) in [5, 5.41) is 43.7. The summed E-state index contributed by atoms with van der Waals surface area (Å²) in [6.07, 6.45) is -6.23. The Hall–Kier alpha value is -3.42. The molecule has 3 aliphatic carbocycles. The summed E-state index contributed by atoms with van der Waals surface area (Å²) in [7, 11) is 1.59. The van der Waals surface area contributed by atoms with Crippen molar-refractivity contribution in [2.45, 2.75) is 57.5 Å². The normalized spacial score (nSPS) is 24.9. The van der Waals surface area contributed by atoms with Gasteiger partial charge in [0.25, 0.3) is 5.91 Å². The number of fused-ring (bicyclic) bond motifs is 3. The van der Waals surface area contributed by atoms with Crippen molar-refractivity contribution in [3.63, 3.8) is 0 Å². The molecule has 0 radical (unpaired) electrons. The van der Waals surface area contributed by atoms with Gasteiger partial charge in [-0.05, 0) is 56.8 Å². The molecule has 218 valence electrons. The minimum atomic E-state index is -4.89. The smallest absolute Gasteiger partial charge is 0.417 e. The van der Waals surface area contributed by atoms with Crippen LogP contribution >= 0.6 is 0 Å². The zero-order chi connectivity index (χ0) is 29.9. The van der Waals surface area contributed by atoms with E-state index in [2.05, 4.69) is 0 Å². The van der Waals surface area contributed by atoms with Gasteiger partial charge in [-0.3, -0.25) is 19.3 Å². The number of aliphatic hydroxyl groups is 3. The highest BCUT2D eigenvalue weighted by Gasteiger charge is 2.60. The number of ketones is 2. The predicted molar refractivity (Wildman–Crippen MR) is 134 cm³/mol. The molecule has 6 N–H and O–H groups in total. The molecule has 0 heterocycles. The van der Waals surface area contributed by atoms with E-state index in [0.717, 1.165) is 6.07 Å². The summed E-state index contributed by atoms with van der Waals surface area (Å²) in [5.74, 6) is -8.84. The molecule has 13 heteroatoms. The third kappa shape index (κ3) is 4.75. The second-order valence-corrected chi connectivity index (χ2v) is 10.8. The maximum atomic E-state index is 14.5. The fourth-order valence-electron chi connectivity index (χ4n) is 6.05. The van der Waals surface area contributed by atoms with E-state index in [1.54, 1.807) is 11.9 Å². The van der Waals surface area contributed by atoms with Gasteiger partial charge in [-0.1, -0.05) is 0 Å². The van der Waals surface area contributed by atoms with Gasteiger partial charge in [-0.25, -0.2) is 0 Å². The molecule has 4 rings (SSSR count). The number of hydrogen-bond acceptors (Lipinski definition) is 9. The van der Waals surface area contributed by atoms with Crippen LogP contribution in [0.3, 0.4) is 0 Å². The Labute approximate surface area is 227 Å². The molecule has 3 aliphatic rings. The van der Waals surface area contributed by atoms with Gasteiger partial charge in [0, 0.05) is 31.0 Å². The van der Waals surface area contributed by atoms with Crippen LogP contribution in [-0.2, 0) is 38.3 Å². The molecule has 1 aromatic rings. The summed E-state index contributed by atoms with van der Waals surface area (Å²) >= 11 is 0. The highest BCUT2D eigenvalue weighted by molar-refractivity contribution is 6.22. The number of likely N-dealkylation sites (N-methyl/N-ethyl adjacent to an activating group) is 1. The van der Waals surface area contributed by atoms with Gasteiger partial charge in [-0.2, -0.15) is 13.2 Å². The van der Waals surface area contributed by atoms with Crippen LogP contribution in [0.5, 0.6) is 5.75 Å². The summed E-state index contributed by atoms with van der Waals surface area (Å²) in [5.41, 5.74) is -1.42. The van der Waals surface area contributed by atoms with Crippen molar-refractivity contribution < 1.29 is 52.7 Å². The summed E-state index contributed by atoms with van der Waals surface area (Å²) in [6, 6.07) is 0.880. The topological polar surface area (TPSA) is 171 Å². The average molecular weight is 569 g/mol. The standard InChI is InChI=1S/C27H31F3N2O8/c1-11(2)40-5-4-32(3)10-13-8-16(33)19-15(21(13)27(28,29)30)7-12-6-14-9-17(34)20(25(31)38)24(37)26(14,39)23(36)18(12)22(19)35/h8,11-12,14,33,35,37,39H,4-7,9-10H2,1-3H3,(H2,31,38)/t12?,14-,26-/m0/s1. The second-order valence-electron chi connectivity index (χ2n) is 10.8. The zero-order valence-electron chi connectivity index (χ0n) is 22.1. The minimum absolute atomic E-state index is 0.0639. The largest absolute Gasteiger partial charge is 0.508 e. The third-order valence-electron chi connectivity index (χ3n) is 7.80. The first-order valence-corrected chi connectivity index (χ1v) is 12.7. The van der Waals surface area contributed by atoms with Crippen molar-refractivity contribution in [1.29, 1.82) is 0 Å². The molecule has 0 bridgehead atoms. The Balaban J connectivity index is 1.83. The van der Waals surface area contributed by atoms with Crippen LogP contribution in [0.4, 0.5) is 13.2 Å². The van der Waals surface area contributed by atoms with Gasteiger partial charge in [0.05, 0.1) is 23.8 Å². The maximum absolute atomic E-state index is 14.5. The van der Waals surface area contributed by atoms with Crippen LogP contribution < -0.4 is 5.73 Å². The molecule has 40 heavy (non-hydrogen) atoms. The number of nitrogens with zero attached hydrogens (tertiary/aromatic N) is 1. The fourth-order valence-corrected chi connectivity index (χ4v) is 6.05. The van der Waals surface area contributed by atoms with E-state index >= 15 is 0 Å². The lowest BCUT2D eigenvalue weighted by molar-refractivity contribution is -0.147. The lowest BCUT2D eigenvalue weighted by Crippen LogP contribution is -2.58. The number of primary amides is 1. The molecule has 0 aromatic heterocycles. The first kappa shape index (κ1) is 29.6. The number of amides is 1. The lowest BCUT2D eigenvalue weighted by atomic mass is 9.59. The Bertz CT molecular complexity index is 1350. The van der Waals surface area contributed by atoms with E-state index in [1.807, 2.05) is 13.8 Å². The summed E-state index contributed by atoms with van der Waals surface area (Å²) < 4.78 is 48.9. The number of carbonyl (C=O) groups is 3. The van der Waals surface area contributed by atoms with Crippen molar-refractivity contribution in [1.82, 2.24) is 4.90 Å². The van der Waals surface area contributed by atoms with E-state index < -0.39 is 99.0 Å². The van der Waals surface area contributed by atoms with E-state index in [4.69, 9.17) is 10.5 Å². The monoisotopic (exact) mass is 568 g/mol. The number of Topliss-reactive ketones (excluding diaryl/α,β-unsaturated/α-hetero) is 2. The van der Waals surface area contributed by atoms with Crippen LogP contribution in [0.25, 0.3) is 5.76 Å². The molecule has 0 aliphatic heterocycles. The number of phenolic OH excluding ortho intramolecular Hbond substituents is 1. The fraction of sp³-hybridized carbons (Fsp3) is 0.519. The summed E-state index contributed by atoms with van der Waals surface area (Å²) in [6.45, 7) is 4.02. The van der Waals surface area contributed by atoms with Crippen molar-refractivity contribution >= 4 is 23.2 Å². The minimum Gasteiger partial charge on any atom is -0.508 e. The van der Waals surface area contributed by atoms with Crippen LogP contribution in [0.1, 0.15) is 48.9 Å². The van der Waals surface area contributed by atoms with E-state index in [9.17, 15) is 48.0 Å². The highest BCUT2D eigenvalue weighted by Crippen LogP contribution is 2.54. The molecule has 1 saturated carbocycles. The van der Waals surface area contributed by atoms with Crippen LogP contribution in [-0.4, -0.2) is 74.7 Å². The van der Waals surface area contributed by atoms with Gasteiger partial charge < -0.3 is 30.9 Å². The molecule has 1 amide bonds. The van der Waals surface area contributed by atoms with Gasteiger partial charge in [-0.15, -0.1) is 0 Å². The molecule has 0 spiro atoms. The zero-order valence-corrected chi connectivity index (χ0v) is 22.1. The number of halogens is 3. The maximum Gasteiger partial charge on any atom is 0.417 e. The first-order chi connectivity index (χ1) is 18.5. The number of aliphatic hydroxyl groups excluding tert-OH is 2. The number of nitrogens with two attached hydrogens (primary N) is 1. The Morgan fingerprint density at radius 3 is 2.45 bits per heavy atom. The number of alkyl halides is 3. The predicted octanol–water partition coefficient (Wildman–Crippen LogP) is 2.30. The number of ether oxygens (including phenoxy) is 1. The third-order valence-corrected chi connectivity index (χ3v) is 7.80. The first-order valence-electron chi connectivity index (χ1n) is 12.7. The van der Waals surface area contributed by atoms with Crippen molar-refractivity contribution in [3.05, 3.63) is 45.2 Å². The number of rotatable bonds is 7. The number of carbonyl (C=O) groups excluding carboxylic acids is 3. The van der Waals surface area contributed by atoms with Crippen molar-refractivity contribution in [3.8, 4) is 5.75 Å². The molecule has 0 saturated heterocycles. The van der Waals surface area contributed by atoms with Gasteiger partial charge in [0.2, 0.25) is 5.78 Å². The summed E-state index contributed by atoms with van der Waals surface area (Å²) in [4.78, 5) is 39.3. The quantitative estimate of drug-likeness (QED) is 0.310. The van der Waals surface area contributed by atoms with Gasteiger partial charge in [0.1, 0.15) is 22.8 Å². The number of phenols is 1. The molecular formula is C27H31F3N2O8. The molecule has 3 atom stereocenters. The van der Waals surface area contributed by atoms with Crippen LogP contribution in [0, 0.1) is 11.8 Å². The molecule has 1 fully saturated rings. The second kappa shape index (κ2) is 10.2. The van der Waals surface area contributed by atoms with E-state index in [-0.39, 0.29) is 31.2 Å². The molecular weight excluding hydrogens is 537 g/mol. The lowest BCUT2D eigenvalue weighted by Gasteiger charge is -2.46. The Morgan fingerprint density at radius 2 is 1.88 bits per heavy atom. The van der Waals surface area contributed by atoms with Crippen LogP contribution in [0.2, 0.25) is 0 Å². The molecule has 10 nitrogen and oxygen atoms in total. The number of aromatic hydroxyl groups is 1. The number of benzene rings is 1. The average Bonchev–Trinajstić information content (AvgIpc) is 2.79.